The van der Waals surface area contributed by atoms with E-state index in [4.69, 9.17) is 0 Å². The Morgan fingerprint density at radius 1 is 1.04 bits per heavy atom. The van der Waals surface area contributed by atoms with Crippen molar-refractivity contribution in [2.75, 3.05) is 24.6 Å². The molecule has 0 aliphatic carbocycles. The first kappa shape index (κ1) is 15.2. The molecular formula is C19H23NO2S. The Bertz CT molecular complexity index is 810. The standard InChI is InChI=1S/C19H23NO2S/c21-23(22)12-10-15(14-23)13-20-11-4-9-19(20)18-8-3-6-16-5-1-2-7-17(16)18/h1-3,5-8,15,19H,4,9-14H2/t15-,19+/m0/s1. The predicted octanol–water partition coefficient (Wildman–Crippen LogP) is 3.41. The average Bonchev–Trinajstić information content (AvgIpc) is 3.13. The zero-order chi connectivity index (χ0) is 15.9. The highest BCUT2D eigenvalue weighted by Crippen LogP contribution is 2.37. The summed E-state index contributed by atoms with van der Waals surface area (Å²) in [6, 6.07) is 15.6. The van der Waals surface area contributed by atoms with Gasteiger partial charge in [-0.2, -0.15) is 0 Å². The first-order chi connectivity index (χ1) is 11.1. The van der Waals surface area contributed by atoms with Gasteiger partial charge >= 0.3 is 0 Å². The molecule has 2 fully saturated rings. The lowest BCUT2D eigenvalue weighted by Crippen LogP contribution is -2.30. The average molecular weight is 329 g/mol. The van der Waals surface area contributed by atoms with Crippen molar-refractivity contribution in [3.63, 3.8) is 0 Å². The van der Waals surface area contributed by atoms with E-state index >= 15 is 0 Å². The number of benzene rings is 2. The van der Waals surface area contributed by atoms with Gasteiger partial charge in [-0.15, -0.1) is 0 Å². The van der Waals surface area contributed by atoms with Crippen LogP contribution in [0.4, 0.5) is 0 Å². The third-order valence-corrected chi connectivity index (χ3v) is 7.20. The molecule has 0 unspecified atom stereocenters. The van der Waals surface area contributed by atoms with E-state index in [0.717, 1.165) is 19.5 Å². The lowest BCUT2D eigenvalue weighted by atomic mass is 9.96. The molecule has 2 aromatic carbocycles. The number of nitrogens with zero attached hydrogens (tertiary/aromatic N) is 1. The van der Waals surface area contributed by atoms with Gasteiger partial charge in [0.1, 0.15) is 0 Å². The van der Waals surface area contributed by atoms with Crippen LogP contribution in [0.25, 0.3) is 10.8 Å². The van der Waals surface area contributed by atoms with Gasteiger partial charge in [-0.3, -0.25) is 4.90 Å². The molecule has 4 heteroatoms. The highest BCUT2D eigenvalue weighted by atomic mass is 32.2. The molecule has 2 saturated heterocycles. The van der Waals surface area contributed by atoms with Crippen LogP contribution in [0.5, 0.6) is 0 Å². The summed E-state index contributed by atoms with van der Waals surface area (Å²) >= 11 is 0. The predicted molar refractivity (Wildman–Crippen MR) is 94.3 cm³/mol. The SMILES string of the molecule is O=S1(=O)CC[C@@H](CN2CCC[C@@H]2c2cccc3ccccc23)C1. The molecule has 0 radical (unpaired) electrons. The van der Waals surface area contributed by atoms with Gasteiger partial charge in [0.15, 0.2) is 9.84 Å². The monoisotopic (exact) mass is 329 g/mol. The second kappa shape index (κ2) is 5.91. The number of likely N-dealkylation sites (tertiary alicyclic amines) is 1. The van der Waals surface area contributed by atoms with Crippen molar-refractivity contribution >= 4 is 20.6 Å². The van der Waals surface area contributed by atoms with Crippen LogP contribution in [0.1, 0.15) is 30.9 Å². The molecule has 0 N–H and O–H groups in total. The van der Waals surface area contributed by atoms with E-state index in [-0.39, 0.29) is 0 Å². The Kier molecular flexibility index (Phi) is 3.90. The largest absolute Gasteiger partial charge is 0.296 e. The molecule has 23 heavy (non-hydrogen) atoms. The lowest BCUT2D eigenvalue weighted by molar-refractivity contribution is 0.225. The Morgan fingerprint density at radius 3 is 2.70 bits per heavy atom. The molecular weight excluding hydrogens is 306 g/mol. The van der Waals surface area contributed by atoms with Gasteiger partial charge < -0.3 is 0 Å². The number of hydrogen-bond acceptors (Lipinski definition) is 3. The van der Waals surface area contributed by atoms with Crippen molar-refractivity contribution in [1.82, 2.24) is 4.90 Å². The molecule has 2 aliphatic rings. The van der Waals surface area contributed by atoms with Crippen LogP contribution in [0.15, 0.2) is 42.5 Å². The van der Waals surface area contributed by atoms with E-state index in [9.17, 15) is 8.42 Å². The number of rotatable bonds is 3. The first-order valence-corrected chi connectivity index (χ1v) is 10.4. The summed E-state index contributed by atoms with van der Waals surface area (Å²) in [5, 5.41) is 2.63. The molecule has 0 spiro atoms. The molecule has 122 valence electrons. The van der Waals surface area contributed by atoms with Gasteiger partial charge in [0.25, 0.3) is 0 Å². The van der Waals surface area contributed by atoms with Crippen molar-refractivity contribution in [2.45, 2.75) is 25.3 Å². The summed E-state index contributed by atoms with van der Waals surface area (Å²) in [7, 11) is -2.78. The minimum Gasteiger partial charge on any atom is -0.296 e. The van der Waals surface area contributed by atoms with Crippen molar-refractivity contribution in [3.8, 4) is 0 Å². The number of fused-ring (bicyclic) bond motifs is 1. The van der Waals surface area contributed by atoms with Crippen molar-refractivity contribution in [2.24, 2.45) is 5.92 Å². The van der Waals surface area contributed by atoms with E-state index < -0.39 is 9.84 Å². The van der Waals surface area contributed by atoms with Crippen LogP contribution in [0, 0.1) is 5.92 Å². The van der Waals surface area contributed by atoms with E-state index in [1.54, 1.807) is 0 Å². The minimum absolute atomic E-state index is 0.315. The highest BCUT2D eigenvalue weighted by molar-refractivity contribution is 7.91. The van der Waals surface area contributed by atoms with E-state index in [1.807, 2.05) is 0 Å². The van der Waals surface area contributed by atoms with Crippen molar-refractivity contribution < 1.29 is 8.42 Å². The van der Waals surface area contributed by atoms with Crippen LogP contribution in [-0.2, 0) is 9.84 Å². The van der Waals surface area contributed by atoms with Gasteiger partial charge in [-0.1, -0.05) is 42.5 Å². The maximum atomic E-state index is 11.7. The first-order valence-electron chi connectivity index (χ1n) is 8.54. The van der Waals surface area contributed by atoms with Crippen LogP contribution in [0.3, 0.4) is 0 Å². The maximum Gasteiger partial charge on any atom is 0.150 e. The Balaban J connectivity index is 1.60. The van der Waals surface area contributed by atoms with Crippen LogP contribution >= 0.6 is 0 Å². The highest BCUT2D eigenvalue weighted by Gasteiger charge is 2.33. The van der Waals surface area contributed by atoms with E-state index in [0.29, 0.717) is 23.5 Å². The van der Waals surface area contributed by atoms with Crippen molar-refractivity contribution in [1.29, 1.82) is 0 Å². The molecule has 2 aromatic rings. The zero-order valence-electron chi connectivity index (χ0n) is 13.3. The van der Waals surface area contributed by atoms with Gasteiger partial charge in [-0.05, 0) is 48.1 Å². The maximum absolute atomic E-state index is 11.7. The van der Waals surface area contributed by atoms with E-state index in [2.05, 4.69) is 47.4 Å². The number of hydrogen-bond donors (Lipinski definition) is 0. The Hall–Kier alpha value is -1.39. The molecule has 3 nitrogen and oxygen atoms in total. The minimum atomic E-state index is -2.78. The fourth-order valence-electron chi connectivity index (χ4n) is 4.29. The summed E-state index contributed by atoms with van der Waals surface area (Å²) in [6.45, 7) is 2.01. The summed E-state index contributed by atoms with van der Waals surface area (Å²) in [4.78, 5) is 2.52. The smallest absolute Gasteiger partial charge is 0.150 e. The molecule has 2 aliphatic heterocycles. The topological polar surface area (TPSA) is 37.4 Å². The fourth-order valence-corrected chi connectivity index (χ4v) is 6.13. The van der Waals surface area contributed by atoms with Crippen LogP contribution < -0.4 is 0 Å². The van der Waals surface area contributed by atoms with Gasteiger partial charge in [0.2, 0.25) is 0 Å². The third kappa shape index (κ3) is 3.02. The Labute approximate surface area is 138 Å². The van der Waals surface area contributed by atoms with Crippen LogP contribution in [0.2, 0.25) is 0 Å². The normalized spacial score (nSPS) is 27.7. The van der Waals surface area contributed by atoms with Crippen LogP contribution in [-0.4, -0.2) is 37.9 Å². The molecule has 0 saturated carbocycles. The number of sulfone groups is 1. The Morgan fingerprint density at radius 2 is 1.87 bits per heavy atom. The quantitative estimate of drug-likeness (QED) is 0.866. The fraction of sp³-hybridized carbons (Fsp3) is 0.474. The summed E-state index contributed by atoms with van der Waals surface area (Å²) in [6.07, 6.45) is 3.21. The summed E-state index contributed by atoms with van der Waals surface area (Å²) in [5.74, 6) is 1.08. The zero-order valence-corrected chi connectivity index (χ0v) is 14.1. The second-order valence-corrected chi connectivity index (χ2v) is 9.22. The summed E-state index contributed by atoms with van der Waals surface area (Å²) in [5.41, 5.74) is 1.40. The summed E-state index contributed by atoms with van der Waals surface area (Å²) < 4.78 is 23.4. The third-order valence-electron chi connectivity index (χ3n) is 5.37. The molecule has 0 aromatic heterocycles. The molecule has 0 amide bonds. The van der Waals surface area contributed by atoms with Gasteiger partial charge in [-0.25, -0.2) is 8.42 Å². The van der Waals surface area contributed by atoms with Gasteiger partial charge in [0, 0.05) is 12.6 Å². The molecule has 2 atom stereocenters. The molecule has 4 rings (SSSR count). The van der Waals surface area contributed by atoms with Crippen molar-refractivity contribution in [3.05, 3.63) is 48.0 Å². The lowest BCUT2D eigenvalue weighted by Gasteiger charge is -2.28. The van der Waals surface area contributed by atoms with E-state index in [1.165, 1.54) is 29.2 Å². The molecule has 2 heterocycles. The molecule has 0 bridgehead atoms. The van der Waals surface area contributed by atoms with Gasteiger partial charge in [0.05, 0.1) is 11.5 Å². The second-order valence-electron chi connectivity index (χ2n) is 6.99.